The molecule has 2 N–H and O–H groups in total. The number of nitrogens with zero attached hydrogens (tertiary/aromatic N) is 1. The van der Waals surface area contributed by atoms with Crippen LogP contribution in [0.2, 0.25) is 0 Å². The SMILES string of the molecule is Cc1cc(B(O)O)cc([N+](=O)[O-])c1Br. The van der Waals surface area contributed by atoms with Gasteiger partial charge in [0.15, 0.2) is 0 Å². The predicted octanol–water partition coefficient (Wildman–Crippen LogP) is 0.346. The number of nitro benzene ring substituents is 1. The van der Waals surface area contributed by atoms with Crippen molar-refractivity contribution in [3.63, 3.8) is 0 Å². The van der Waals surface area contributed by atoms with Crippen molar-refractivity contribution in [2.45, 2.75) is 6.92 Å². The zero-order valence-corrected chi connectivity index (χ0v) is 8.85. The molecule has 0 aliphatic heterocycles. The van der Waals surface area contributed by atoms with E-state index in [-0.39, 0.29) is 11.2 Å². The molecule has 0 aliphatic rings. The predicted molar refractivity (Wildman–Crippen MR) is 55.4 cm³/mol. The molecule has 5 nitrogen and oxygen atoms in total. The Morgan fingerprint density at radius 2 is 2.07 bits per heavy atom. The molecular weight excluding hydrogens is 253 g/mol. The molecule has 0 aliphatic carbocycles. The summed E-state index contributed by atoms with van der Waals surface area (Å²) in [6, 6.07) is 2.60. The molecule has 1 aromatic rings. The Hall–Kier alpha value is -0.915. The number of hydrogen-bond donors (Lipinski definition) is 2. The fourth-order valence-corrected chi connectivity index (χ4v) is 1.43. The van der Waals surface area contributed by atoms with E-state index in [1.807, 2.05) is 0 Å². The highest BCUT2D eigenvalue weighted by molar-refractivity contribution is 9.10. The van der Waals surface area contributed by atoms with E-state index in [0.29, 0.717) is 10.0 Å². The van der Waals surface area contributed by atoms with Crippen molar-refractivity contribution in [2.75, 3.05) is 0 Å². The first-order valence-corrected chi connectivity index (χ1v) is 4.53. The minimum absolute atomic E-state index is 0.109. The van der Waals surface area contributed by atoms with Gasteiger partial charge in [-0.1, -0.05) is 6.07 Å². The number of hydrogen-bond acceptors (Lipinski definition) is 4. The summed E-state index contributed by atoms with van der Waals surface area (Å²) in [7, 11) is -1.69. The summed E-state index contributed by atoms with van der Waals surface area (Å²) in [6.45, 7) is 1.64. The Kier molecular flexibility index (Phi) is 3.25. The molecule has 0 aromatic heterocycles. The fourth-order valence-electron chi connectivity index (χ4n) is 1.06. The lowest BCUT2D eigenvalue weighted by atomic mass is 9.79. The molecule has 0 atom stereocenters. The van der Waals surface area contributed by atoms with Gasteiger partial charge in [0.1, 0.15) is 0 Å². The van der Waals surface area contributed by atoms with E-state index in [9.17, 15) is 10.1 Å². The van der Waals surface area contributed by atoms with Gasteiger partial charge >= 0.3 is 7.12 Å². The number of rotatable bonds is 2. The molecule has 0 bridgehead atoms. The van der Waals surface area contributed by atoms with Crippen LogP contribution in [0.15, 0.2) is 16.6 Å². The Labute approximate surface area is 88.8 Å². The molecule has 7 heteroatoms. The first-order chi connectivity index (χ1) is 6.43. The van der Waals surface area contributed by atoms with Crippen LogP contribution in [-0.2, 0) is 0 Å². The zero-order chi connectivity index (χ0) is 10.9. The van der Waals surface area contributed by atoms with E-state index in [4.69, 9.17) is 10.0 Å². The van der Waals surface area contributed by atoms with E-state index >= 15 is 0 Å². The van der Waals surface area contributed by atoms with Crippen molar-refractivity contribution in [1.82, 2.24) is 0 Å². The van der Waals surface area contributed by atoms with Crippen LogP contribution in [0.4, 0.5) is 5.69 Å². The zero-order valence-electron chi connectivity index (χ0n) is 7.27. The number of benzene rings is 1. The molecule has 0 spiro atoms. The van der Waals surface area contributed by atoms with Crippen LogP contribution in [0.25, 0.3) is 0 Å². The largest absolute Gasteiger partial charge is 0.488 e. The van der Waals surface area contributed by atoms with Gasteiger partial charge in [-0.3, -0.25) is 10.1 Å². The van der Waals surface area contributed by atoms with E-state index < -0.39 is 12.0 Å². The van der Waals surface area contributed by atoms with Crippen LogP contribution in [0, 0.1) is 17.0 Å². The molecule has 0 fully saturated rings. The van der Waals surface area contributed by atoms with Gasteiger partial charge in [0.05, 0.1) is 9.40 Å². The van der Waals surface area contributed by atoms with Gasteiger partial charge in [0.25, 0.3) is 5.69 Å². The minimum Gasteiger partial charge on any atom is -0.423 e. The minimum atomic E-state index is -1.69. The lowest BCUT2D eigenvalue weighted by Crippen LogP contribution is -2.30. The summed E-state index contributed by atoms with van der Waals surface area (Å²) in [6.07, 6.45) is 0. The third-order valence-electron chi connectivity index (χ3n) is 1.75. The van der Waals surface area contributed by atoms with E-state index in [1.165, 1.54) is 6.07 Å². The van der Waals surface area contributed by atoms with Gasteiger partial charge < -0.3 is 10.0 Å². The van der Waals surface area contributed by atoms with Gasteiger partial charge in [-0.2, -0.15) is 0 Å². The molecule has 0 amide bonds. The van der Waals surface area contributed by atoms with Gasteiger partial charge in [-0.15, -0.1) is 0 Å². The lowest BCUT2D eigenvalue weighted by Gasteiger charge is -2.04. The molecule has 0 heterocycles. The first kappa shape index (κ1) is 11.2. The molecule has 0 unspecified atom stereocenters. The average Bonchev–Trinajstić information content (AvgIpc) is 2.08. The average molecular weight is 260 g/mol. The van der Waals surface area contributed by atoms with Gasteiger partial charge in [-0.05, 0) is 33.9 Å². The second-order valence-electron chi connectivity index (χ2n) is 2.80. The van der Waals surface area contributed by atoms with Crippen molar-refractivity contribution < 1.29 is 15.0 Å². The molecule has 0 radical (unpaired) electrons. The highest BCUT2D eigenvalue weighted by Gasteiger charge is 2.20. The highest BCUT2D eigenvalue weighted by atomic mass is 79.9. The van der Waals surface area contributed by atoms with E-state index in [1.54, 1.807) is 6.92 Å². The van der Waals surface area contributed by atoms with Crippen molar-refractivity contribution in [3.8, 4) is 0 Å². The van der Waals surface area contributed by atoms with Crippen LogP contribution < -0.4 is 5.46 Å². The Balaban J connectivity index is 3.35. The highest BCUT2D eigenvalue weighted by Crippen LogP contribution is 2.26. The van der Waals surface area contributed by atoms with Gasteiger partial charge in [0.2, 0.25) is 0 Å². The quantitative estimate of drug-likeness (QED) is 0.456. The van der Waals surface area contributed by atoms with Gasteiger partial charge in [-0.25, -0.2) is 0 Å². The standard InChI is InChI=1S/C7H7BBrNO4/c1-4-2-5(8(11)12)3-6(7(4)9)10(13)14/h2-3,11-12H,1H3. The topological polar surface area (TPSA) is 83.6 Å². The number of aryl methyl sites for hydroxylation is 1. The van der Waals surface area contributed by atoms with Crippen molar-refractivity contribution in [1.29, 1.82) is 0 Å². The third kappa shape index (κ3) is 2.12. The van der Waals surface area contributed by atoms with Crippen molar-refractivity contribution in [3.05, 3.63) is 32.3 Å². The van der Waals surface area contributed by atoms with Crippen molar-refractivity contribution in [2.24, 2.45) is 0 Å². The number of halogens is 1. The molecule has 1 aromatic carbocycles. The Morgan fingerprint density at radius 1 is 1.50 bits per heavy atom. The summed E-state index contributed by atoms with van der Waals surface area (Å²) in [4.78, 5) is 9.98. The van der Waals surface area contributed by atoms with Crippen LogP contribution >= 0.6 is 15.9 Å². The third-order valence-corrected chi connectivity index (χ3v) is 2.78. The van der Waals surface area contributed by atoms with Crippen LogP contribution in [0.3, 0.4) is 0 Å². The van der Waals surface area contributed by atoms with E-state index in [2.05, 4.69) is 15.9 Å². The maximum Gasteiger partial charge on any atom is 0.488 e. The Morgan fingerprint density at radius 3 is 2.50 bits per heavy atom. The lowest BCUT2D eigenvalue weighted by molar-refractivity contribution is -0.385. The van der Waals surface area contributed by atoms with Crippen LogP contribution in [0.1, 0.15) is 5.56 Å². The fraction of sp³-hybridized carbons (Fsp3) is 0.143. The number of nitro groups is 1. The maximum absolute atomic E-state index is 10.6. The summed E-state index contributed by atoms with van der Waals surface area (Å²) in [5, 5.41) is 28.3. The summed E-state index contributed by atoms with van der Waals surface area (Å²) >= 11 is 3.06. The monoisotopic (exact) mass is 259 g/mol. The summed E-state index contributed by atoms with van der Waals surface area (Å²) in [5.74, 6) is 0. The maximum atomic E-state index is 10.6. The molecule has 0 saturated heterocycles. The molecule has 1 rings (SSSR count). The second-order valence-corrected chi connectivity index (χ2v) is 3.59. The smallest absolute Gasteiger partial charge is 0.423 e. The molecule has 14 heavy (non-hydrogen) atoms. The summed E-state index contributed by atoms with van der Waals surface area (Å²) in [5.41, 5.74) is 0.521. The normalized spacial score (nSPS) is 10.0. The van der Waals surface area contributed by atoms with Gasteiger partial charge in [0, 0.05) is 6.07 Å². The second kappa shape index (κ2) is 4.08. The summed E-state index contributed by atoms with van der Waals surface area (Å²) < 4.78 is 0.354. The van der Waals surface area contributed by atoms with Crippen LogP contribution in [0.5, 0.6) is 0 Å². The Bertz CT molecular complexity index is 382. The molecular formula is C7H7BBrNO4. The van der Waals surface area contributed by atoms with Crippen LogP contribution in [-0.4, -0.2) is 22.1 Å². The first-order valence-electron chi connectivity index (χ1n) is 3.74. The molecule has 74 valence electrons. The van der Waals surface area contributed by atoms with E-state index in [0.717, 1.165) is 6.07 Å². The molecule has 0 saturated carbocycles. The van der Waals surface area contributed by atoms with Crippen molar-refractivity contribution >= 4 is 34.2 Å².